The average molecular weight is 178 g/mol. The van der Waals surface area contributed by atoms with Crippen LogP contribution in [0.25, 0.3) is 0 Å². The third-order valence-electron chi connectivity index (χ3n) is 2.84. The van der Waals surface area contributed by atoms with Gasteiger partial charge >= 0.3 is 0 Å². The van der Waals surface area contributed by atoms with Crippen LogP contribution in [0.3, 0.4) is 0 Å². The summed E-state index contributed by atoms with van der Waals surface area (Å²) in [7, 11) is 0. The van der Waals surface area contributed by atoms with Crippen LogP contribution in [0.4, 0.5) is 0 Å². The van der Waals surface area contributed by atoms with Crippen molar-refractivity contribution in [1.29, 1.82) is 0 Å². The minimum Gasteiger partial charge on any atom is -0.0770 e. The first-order valence-corrected chi connectivity index (χ1v) is 5.73. The lowest BCUT2D eigenvalue weighted by Crippen LogP contribution is -1.89. The largest absolute Gasteiger partial charge is 0.0770 e. The van der Waals surface area contributed by atoms with Gasteiger partial charge in [0.2, 0.25) is 0 Å². The van der Waals surface area contributed by atoms with E-state index in [-0.39, 0.29) is 0 Å². The van der Waals surface area contributed by atoms with E-state index in [1.807, 2.05) is 0 Å². The second kappa shape index (κ2) is 5.26. The van der Waals surface area contributed by atoms with Crippen molar-refractivity contribution in [2.45, 2.75) is 59.3 Å². The summed E-state index contributed by atoms with van der Waals surface area (Å²) >= 11 is 0. The average Bonchev–Trinajstić information content (AvgIpc) is 2.50. The predicted molar refractivity (Wildman–Crippen MR) is 59.8 cm³/mol. The van der Waals surface area contributed by atoms with Gasteiger partial charge in [0.25, 0.3) is 0 Å². The second-order valence-electron chi connectivity index (χ2n) is 3.87. The van der Waals surface area contributed by atoms with Gasteiger partial charge in [0.15, 0.2) is 0 Å². The number of allylic oxidation sites excluding steroid dienone is 4. The minimum absolute atomic E-state index is 1.22. The van der Waals surface area contributed by atoms with Crippen LogP contribution in [0.2, 0.25) is 0 Å². The number of hydrogen-bond acceptors (Lipinski definition) is 0. The Balaban J connectivity index is 2.71. The fourth-order valence-electron chi connectivity index (χ4n) is 2.22. The van der Waals surface area contributed by atoms with Crippen molar-refractivity contribution >= 4 is 0 Å². The molecule has 0 N–H and O–H groups in total. The maximum atomic E-state index is 2.44. The molecule has 74 valence electrons. The van der Waals surface area contributed by atoms with E-state index in [2.05, 4.69) is 26.8 Å². The lowest BCUT2D eigenvalue weighted by molar-refractivity contribution is 0.837. The van der Waals surface area contributed by atoms with Gasteiger partial charge in [-0.05, 0) is 36.8 Å². The highest BCUT2D eigenvalue weighted by atomic mass is 14.2. The maximum Gasteiger partial charge on any atom is -0.0127 e. The summed E-state index contributed by atoms with van der Waals surface area (Å²) in [5.41, 5.74) is 5.05. The van der Waals surface area contributed by atoms with Crippen molar-refractivity contribution in [3.63, 3.8) is 0 Å². The summed E-state index contributed by atoms with van der Waals surface area (Å²) in [5, 5.41) is 0. The first-order valence-electron chi connectivity index (χ1n) is 5.73. The summed E-state index contributed by atoms with van der Waals surface area (Å²) in [4.78, 5) is 0. The first-order chi connectivity index (χ1) is 6.33. The van der Waals surface area contributed by atoms with Crippen LogP contribution in [-0.4, -0.2) is 0 Å². The van der Waals surface area contributed by atoms with Gasteiger partial charge in [-0.1, -0.05) is 45.3 Å². The summed E-state index contributed by atoms with van der Waals surface area (Å²) in [6.45, 7) is 6.83. The molecule has 0 aliphatic heterocycles. The zero-order valence-electron chi connectivity index (χ0n) is 9.32. The SMILES string of the molecule is CCCC1=C(CCC)C(CC)=CC1. The molecule has 0 aromatic carbocycles. The predicted octanol–water partition coefficient (Wildman–Crippen LogP) is 4.62. The molecule has 1 aliphatic carbocycles. The van der Waals surface area contributed by atoms with E-state index in [9.17, 15) is 0 Å². The van der Waals surface area contributed by atoms with Gasteiger partial charge in [-0.25, -0.2) is 0 Å². The molecule has 0 heteroatoms. The van der Waals surface area contributed by atoms with Crippen molar-refractivity contribution in [1.82, 2.24) is 0 Å². The Morgan fingerprint density at radius 1 is 1.08 bits per heavy atom. The normalized spacial score (nSPS) is 16.7. The summed E-state index contributed by atoms with van der Waals surface area (Å²) in [5.74, 6) is 0. The van der Waals surface area contributed by atoms with Crippen LogP contribution in [0, 0.1) is 0 Å². The number of hydrogen-bond donors (Lipinski definition) is 0. The number of rotatable bonds is 5. The Morgan fingerprint density at radius 2 is 1.77 bits per heavy atom. The lowest BCUT2D eigenvalue weighted by Gasteiger charge is -2.08. The van der Waals surface area contributed by atoms with E-state index in [4.69, 9.17) is 0 Å². The highest BCUT2D eigenvalue weighted by Gasteiger charge is 2.14. The first kappa shape index (κ1) is 10.6. The summed E-state index contributed by atoms with van der Waals surface area (Å²) in [6, 6.07) is 0. The molecule has 1 rings (SSSR count). The van der Waals surface area contributed by atoms with Gasteiger partial charge in [0.1, 0.15) is 0 Å². The Kier molecular flexibility index (Phi) is 4.27. The third kappa shape index (κ3) is 2.46. The zero-order valence-corrected chi connectivity index (χ0v) is 9.32. The molecule has 0 unspecified atom stereocenters. The van der Waals surface area contributed by atoms with Crippen molar-refractivity contribution in [2.24, 2.45) is 0 Å². The van der Waals surface area contributed by atoms with Crippen molar-refractivity contribution in [3.8, 4) is 0 Å². The molecule has 0 spiro atoms. The lowest BCUT2D eigenvalue weighted by atomic mass is 9.97. The van der Waals surface area contributed by atoms with Crippen LogP contribution in [-0.2, 0) is 0 Å². The molecule has 0 atom stereocenters. The van der Waals surface area contributed by atoms with E-state index in [1.165, 1.54) is 38.5 Å². The van der Waals surface area contributed by atoms with E-state index in [0.29, 0.717) is 0 Å². The molecule has 0 saturated heterocycles. The second-order valence-corrected chi connectivity index (χ2v) is 3.87. The molecular formula is C13H22. The van der Waals surface area contributed by atoms with Crippen LogP contribution >= 0.6 is 0 Å². The van der Waals surface area contributed by atoms with Gasteiger partial charge in [-0.3, -0.25) is 0 Å². The molecule has 0 fully saturated rings. The Morgan fingerprint density at radius 3 is 2.31 bits per heavy atom. The standard InChI is InChI=1S/C13H22/c1-4-7-12-10-9-11(6-3)13(12)8-5-2/h9H,4-8,10H2,1-3H3. The van der Waals surface area contributed by atoms with Crippen molar-refractivity contribution in [2.75, 3.05) is 0 Å². The molecular weight excluding hydrogens is 156 g/mol. The van der Waals surface area contributed by atoms with Crippen molar-refractivity contribution in [3.05, 3.63) is 22.8 Å². The fraction of sp³-hybridized carbons (Fsp3) is 0.692. The molecule has 0 nitrogen and oxygen atoms in total. The molecule has 0 aromatic rings. The molecule has 1 aliphatic rings. The molecule has 0 bridgehead atoms. The molecule has 13 heavy (non-hydrogen) atoms. The van der Waals surface area contributed by atoms with E-state index in [1.54, 1.807) is 16.7 Å². The third-order valence-corrected chi connectivity index (χ3v) is 2.84. The topological polar surface area (TPSA) is 0 Å². The minimum atomic E-state index is 1.22. The van der Waals surface area contributed by atoms with Gasteiger partial charge in [0.05, 0.1) is 0 Å². The van der Waals surface area contributed by atoms with Gasteiger partial charge in [-0.15, -0.1) is 0 Å². The molecule has 0 heterocycles. The molecule has 0 saturated carbocycles. The summed E-state index contributed by atoms with van der Waals surface area (Å²) in [6.07, 6.45) is 10.1. The Bertz CT molecular complexity index is 218. The van der Waals surface area contributed by atoms with Crippen LogP contribution in [0.5, 0.6) is 0 Å². The molecule has 0 aromatic heterocycles. The van der Waals surface area contributed by atoms with E-state index >= 15 is 0 Å². The van der Waals surface area contributed by atoms with Crippen LogP contribution < -0.4 is 0 Å². The molecule has 0 radical (unpaired) electrons. The maximum absolute atomic E-state index is 2.44. The Hall–Kier alpha value is -0.520. The van der Waals surface area contributed by atoms with E-state index in [0.717, 1.165) is 0 Å². The Labute approximate surface area is 82.7 Å². The summed E-state index contributed by atoms with van der Waals surface area (Å²) < 4.78 is 0. The fourth-order valence-corrected chi connectivity index (χ4v) is 2.22. The monoisotopic (exact) mass is 178 g/mol. The van der Waals surface area contributed by atoms with Gasteiger partial charge < -0.3 is 0 Å². The van der Waals surface area contributed by atoms with Crippen LogP contribution in [0.1, 0.15) is 59.3 Å². The quantitative estimate of drug-likeness (QED) is 0.576. The van der Waals surface area contributed by atoms with Gasteiger partial charge in [-0.2, -0.15) is 0 Å². The molecule has 0 amide bonds. The highest BCUT2D eigenvalue weighted by molar-refractivity contribution is 5.42. The van der Waals surface area contributed by atoms with Crippen LogP contribution in [0.15, 0.2) is 22.8 Å². The van der Waals surface area contributed by atoms with E-state index < -0.39 is 0 Å². The van der Waals surface area contributed by atoms with Gasteiger partial charge in [0, 0.05) is 0 Å². The van der Waals surface area contributed by atoms with Crippen molar-refractivity contribution < 1.29 is 0 Å². The highest BCUT2D eigenvalue weighted by Crippen LogP contribution is 2.33. The smallest absolute Gasteiger partial charge is 0.0127 e. The zero-order chi connectivity index (χ0) is 9.68.